The monoisotopic (exact) mass is 265 g/mol. The SMILES string of the molecule is Cc1cn(C(=O)OCc2ccccc2)c2ccccc12. The van der Waals surface area contributed by atoms with E-state index in [4.69, 9.17) is 4.74 Å². The lowest BCUT2D eigenvalue weighted by Gasteiger charge is -2.06. The minimum atomic E-state index is -0.349. The van der Waals surface area contributed by atoms with Crippen molar-refractivity contribution >= 4 is 17.0 Å². The molecule has 3 aromatic rings. The number of hydrogen-bond acceptors (Lipinski definition) is 2. The van der Waals surface area contributed by atoms with Crippen LogP contribution in [-0.2, 0) is 11.3 Å². The molecule has 0 N–H and O–H groups in total. The van der Waals surface area contributed by atoms with Crippen molar-refractivity contribution in [3.05, 3.63) is 71.9 Å². The van der Waals surface area contributed by atoms with Crippen LogP contribution >= 0.6 is 0 Å². The zero-order valence-corrected chi connectivity index (χ0v) is 11.2. The fourth-order valence-corrected chi connectivity index (χ4v) is 2.29. The van der Waals surface area contributed by atoms with Gasteiger partial charge in [0.25, 0.3) is 0 Å². The molecule has 0 unspecified atom stereocenters. The van der Waals surface area contributed by atoms with Gasteiger partial charge in [0.05, 0.1) is 5.52 Å². The summed E-state index contributed by atoms with van der Waals surface area (Å²) in [6.45, 7) is 2.27. The van der Waals surface area contributed by atoms with Crippen molar-refractivity contribution in [2.45, 2.75) is 13.5 Å². The van der Waals surface area contributed by atoms with E-state index in [-0.39, 0.29) is 12.7 Å². The van der Waals surface area contributed by atoms with Crippen molar-refractivity contribution in [3.63, 3.8) is 0 Å². The van der Waals surface area contributed by atoms with Gasteiger partial charge in [0.15, 0.2) is 0 Å². The predicted octanol–water partition coefficient (Wildman–Crippen LogP) is 4.13. The smallest absolute Gasteiger partial charge is 0.418 e. The molecular formula is C17H15NO2. The lowest BCUT2D eigenvalue weighted by atomic mass is 10.2. The topological polar surface area (TPSA) is 31.2 Å². The number of hydrogen-bond donors (Lipinski definition) is 0. The number of para-hydroxylation sites is 1. The van der Waals surface area contributed by atoms with Gasteiger partial charge in [0, 0.05) is 11.6 Å². The molecule has 0 fully saturated rings. The largest absolute Gasteiger partial charge is 0.444 e. The molecule has 1 heterocycles. The van der Waals surface area contributed by atoms with E-state index in [0.717, 1.165) is 22.0 Å². The van der Waals surface area contributed by atoms with Gasteiger partial charge >= 0.3 is 6.09 Å². The first-order valence-corrected chi connectivity index (χ1v) is 6.53. The highest BCUT2D eigenvalue weighted by Crippen LogP contribution is 2.20. The lowest BCUT2D eigenvalue weighted by Crippen LogP contribution is -2.12. The van der Waals surface area contributed by atoms with Gasteiger partial charge in [-0.05, 0) is 24.1 Å². The molecule has 0 aliphatic carbocycles. The van der Waals surface area contributed by atoms with E-state index in [0.29, 0.717) is 0 Å². The van der Waals surface area contributed by atoms with Crippen molar-refractivity contribution in [2.24, 2.45) is 0 Å². The Morgan fingerprint density at radius 2 is 1.75 bits per heavy atom. The summed E-state index contributed by atoms with van der Waals surface area (Å²) in [5, 5.41) is 1.07. The molecule has 3 rings (SSSR count). The maximum Gasteiger partial charge on any atom is 0.418 e. The van der Waals surface area contributed by atoms with Crippen LogP contribution in [0.1, 0.15) is 11.1 Å². The maximum atomic E-state index is 12.2. The Balaban J connectivity index is 1.83. The molecule has 0 bridgehead atoms. The molecular weight excluding hydrogens is 250 g/mol. The van der Waals surface area contributed by atoms with Crippen LogP contribution in [0.5, 0.6) is 0 Å². The molecule has 0 aliphatic heterocycles. The van der Waals surface area contributed by atoms with E-state index in [1.807, 2.05) is 67.7 Å². The molecule has 2 aromatic carbocycles. The summed E-state index contributed by atoms with van der Waals surface area (Å²) >= 11 is 0. The van der Waals surface area contributed by atoms with Crippen LogP contribution in [0.15, 0.2) is 60.8 Å². The van der Waals surface area contributed by atoms with Crippen LogP contribution in [0.3, 0.4) is 0 Å². The second kappa shape index (κ2) is 5.21. The summed E-state index contributed by atoms with van der Waals surface area (Å²) in [4.78, 5) is 12.2. The highest BCUT2D eigenvalue weighted by Gasteiger charge is 2.12. The molecule has 0 atom stereocenters. The van der Waals surface area contributed by atoms with Crippen molar-refractivity contribution in [2.75, 3.05) is 0 Å². The van der Waals surface area contributed by atoms with Crippen LogP contribution in [0.25, 0.3) is 10.9 Å². The minimum absolute atomic E-state index is 0.283. The maximum absolute atomic E-state index is 12.2. The van der Waals surface area contributed by atoms with Gasteiger partial charge in [0.2, 0.25) is 0 Å². The molecule has 100 valence electrons. The zero-order chi connectivity index (χ0) is 13.9. The number of benzene rings is 2. The summed E-state index contributed by atoms with van der Waals surface area (Å²) in [6.07, 6.45) is 1.47. The Labute approximate surface area is 117 Å². The first-order valence-electron chi connectivity index (χ1n) is 6.53. The summed E-state index contributed by atoms with van der Waals surface area (Å²) in [5.74, 6) is 0. The minimum Gasteiger partial charge on any atom is -0.444 e. The van der Waals surface area contributed by atoms with Crippen LogP contribution in [0.4, 0.5) is 4.79 Å². The normalized spacial score (nSPS) is 10.7. The fraction of sp³-hybridized carbons (Fsp3) is 0.118. The van der Waals surface area contributed by atoms with E-state index in [2.05, 4.69) is 0 Å². The second-order valence-corrected chi connectivity index (χ2v) is 4.74. The van der Waals surface area contributed by atoms with Crippen molar-refractivity contribution in [3.8, 4) is 0 Å². The van der Waals surface area contributed by atoms with Gasteiger partial charge < -0.3 is 4.74 Å². The third-order valence-corrected chi connectivity index (χ3v) is 3.31. The van der Waals surface area contributed by atoms with E-state index in [1.54, 1.807) is 4.57 Å². The summed E-state index contributed by atoms with van der Waals surface area (Å²) in [7, 11) is 0. The third-order valence-electron chi connectivity index (χ3n) is 3.31. The number of aryl methyl sites for hydroxylation is 1. The molecule has 0 saturated heterocycles. The second-order valence-electron chi connectivity index (χ2n) is 4.74. The quantitative estimate of drug-likeness (QED) is 0.697. The lowest BCUT2D eigenvalue weighted by molar-refractivity contribution is 0.142. The number of carbonyl (C=O) groups is 1. The number of carbonyl (C=O) groups excluding carboxylic acids is 1. The van der Waals surface area contributed by atoms with Gasteiger partial charge in [-0.15, -0.1) is 0 Å². The third kappa shape index (κ3) is 2.30. The van der Waals surface area contributed by atoms with Gasteiger partial charge in [0.1, 0.15) is 6.61 Å². The Morgan fingerprint density at radius 3 is 2.55 bits per heavy atom. The zero-order valence-electron chi connectivity index (χ0n) is 11.2. The number of ether oxygens (including phenoxy) is 1. The van der Waals surface area contributed by atoms with Gasteiger partial charge in [-0.1, -0.05) is 48.5 Å². The number of fused-ring (bicyclic) bond motifs is 1. The van der Waals surface area contributed by atoms with E-state index < -0.39 is 0 Å². The molecule has 3 heteroatoms. The van der Waals surface area contributed by atoms with Crippen LogP contribution in [0.2, 0.25) is 0 Å². The molecule has 3 nitrogen and oxygen atoms in total. The molecule has 0 aliphatic rings. The Morgan fingerprint density at radius 1 is 1.05 bits per heavy atom. The predicted molar refractivity (Wildman–Crippen MR) is 78.7 cm³/mol. The molecule has 20 heavy (non-hydrogen) atoms. The van der Waals surface area contributed by atoms with E-state index in [1.165, 1.54) is 0 Å². The number of aromatic nitrogens is 1. The highest BCUT2D eigenvalue weighted by atomic mass is 16.5. The van der Waals surface area contributed by atoms with E-state index in [9.17, 15) is 4.79 Å². The first-order chi connectivity index (χ1) is 9.75. The molecule has 0 radical (unpaired) electrons. The summed E-state index contributed by atoms with van der Waals surface area (Å²) in [5.41, 5.74) is 2.93. The number of nitrogens with zero attached hydrogens (tertiary/aromatic N) is 1. The average molecular weight is 265 g/mol. The van der Waals surface area contributed by atoms with Crippen molar-refractivity contribution in [1.29, 1.82) is 0 Å². The van der Waals surface area contributed by atoms with Crippen LogP contribution < -0.4 is 0 Å². The average Bonchev–Trinajstić information content (AvgIpc) is 2.84. The molecule has 0 saturated carbocycles. The fourth-order valence-electron chi connectivity index (χ4n) is 2.29. The highest BCUT2D eigenvalue weighted by molar-refractivity contribution is 5.91. The summed E-state index contributed by atoms with van der Waals surface area (Å²) in [6, 6.07) is 17.5. The van der Waals surface area contributed by atoms with E-state index >= 15 is 0 Å². The first kappa shape index (κ1) is 12.5. The number of rotatable bonds is 2. The van der Waals surface area contributed by atoms with Gasteiger partial charge in [-0.25, -0.2) is 4.79 Å². The summed E-state index contributed by atoms with van der Waals surface area (Å²) < 4.78 is 6.92. The van der Waals surface area contributed by atoms with Gasteiger partial charge in [-0.3, -0.25) is 4.57 Å². The molecule has 0 spiro atoms. The Kier molecular flexibility index (Phi) is 3.25. The van der Waals surface area contributed by atoms with Crippen molar-refractivity contribution < 1.29 is 9.53 Å². The van der Waals surface area contributed by atoms with Crippen molar-refractivity contribution in [1.82, 2.24) is 4.57 Å². The molecule has 0 amide bonds. The van der Waals surface area contributed by atoms with Crippen LogP contribution in [-0.4, -0.2) is 10.7 Å². The van der Waals surface area contributed by atoms with Gasteiger partial charge in [-0.2, -0.15) is 0 Å². The Hall–Kier alpha value is -2.55. The standard InChI is InChI=1S/C17H15NO2/c1-13-11-18(16-10-6-5-9-15(13)16)17(19)20-12-14-7-3-2-4-8-14/h2-11H,12H2,1H3. The Bertz CT molecular complexity index is 744. The van der Waals surface area contributed by atoms with Crippen LogP contribution in [0, 0.1) is 6.92 Å². The molecule has 1 aromatic heterocycles.